The van der Waals surface area contributed by atoms with Crippen LogP contribution in [0.25, 0.3) is 0 Å². The molecule has 2 aliphatic rings. The molecule has 19 heavy (non-hydrogen) atoms. The van der Waals surface area contributed by atoms with E-state index in [9.17, 15) is 9.90 Å². The molecule has 1 unspecified atom stereocenters. The molecule has 2 N–H and O–H groups in total. The van der Waals surface area contributed by atoms with Crippen LogP contribution in [0.3, 0.4) is 0 Å². The third-order valence-electron chi connectivity index (χ3n) is 3.75. The average molecular weight is 263 g/mol. The summed E-state index contributed by atoms with van der Waals surface area (Å²) in [5, 5.41) is 18.3. The highest BCUT2D eigenvalue weighted by atomic mass is 16.5. The van der Waals surface area contributed by atoms with Crippen LogP contribution in [0.2, 0.25) is 0 Å². The highest BCUT2D eigenvalue weighted by Crippen LogP contribution is 2.42. The van der Waals surface area contributed by atoms with Crippen LogP contribution >= 0.6 is 0 Å². The van der Waals surface area contributed by atoms with Crippen molar-refractivity contribution >= 4 is 5.97 Å². The van der Waals surface area contributed by atoms with Crippen LogP contribution < -0.4 is 4.74 Å². The second-order valence-corrected chi connectivity index (χ2v) is 5.16. The van der Waals surface area contributed by atoms with E-state index in [0.717, 1.165) is 18.4 Å². The lowest BCUT2D eigenvalue weighted by Gasteiger charge is -2.27. The molecule has 0 saturated heterocycles. The summed E-state index contributed by atoms with van der Waals surface area (Å²) in [5.74, 6) is 0.143. The number of hydrogen-bond acceptors (Lipinski definition) is 4. The maximum absolute atomic E-state index is 10.8. The number of ether oxygens (including phenoxy) is 1. The van der Waals surface area contributed by atoms with Crippen molar-refractivity contribution in [1.29, 1.82) is 0 Å². The van der Waals surface area contributed by atoms with E-state index in [4.69, 9.17) is 9.84 Å². The van der Waals surface area contributed by atoms with Gasteiger partial charge in [-0.1, -0.05) is 0 Å². The van der Waals surface area contributed by atoms with E-state index >= 15 is 0 Å². The number of aromatic hydroxyl groups is 1. The van der Waals surface area contributed by atoms with Crippen molar-refractivity contribution in [3.63, 3.8) is 0 Å². The quantitative estimate of drug-likeness (QED) is 0.847. The van der Waals surface area contributed by atoms with Crippen molar-refractivity contribution in [1.82, 2.24) is 4.90 Å². The van der Waals surface area contributed by atoms with Gasteiger partial charge in [0, 0.05) is 24.2 Å². The van der Waals surface area contributed by atoms with Crippen LogP contribution in [0, 0.1) is 0 Å². The van der Waals surface area contributed by atoms with Gasteiger partial charge in [-0.2, -0.15) is 0 Å². The molecule has 5 heteroatoms. The summed E-state index contributed by atoms with van der Waals surface area (Å²) in [6, 6.07) is 5.74. The Morgan fingerprint density at radius 1 is 1.42 bits per heavy atom. The molecule has 1 aromatic rings. The lowest BCUT2D eigenvalue weighted by molar-refractivity contribution is -0.137. The zero-order chi connectivity index (χ0) is 13.4. The zero-order valence-electron chi connectivity index (χ0n) is 10.6. The summed E-state index contributed by atoms with van der Waals surface area (Å²) < 4.78 is 5.61. The number of hydrogen-bond donors (Lipinski definition) is 2. The molecule has 1 saturated carbocycles. The van der Waals surface area contributed by atoms with Gasteiger partial charge in [-0.25, -0.2) is 0 Å². The normalized spacial score (nSPS) is 21.2. The molecule has 5 nitrogen and oxygen atoms in total. The molecule has 0 bridgehead atoms. The number of carboxylic acids is 1. The maximum Gasteiger partial charge on any atom is 0.304 e. The summed E-state index contributed by atoms with van der Waals surface area (Å²) in [7, 11) is 0. The van der Waals surface area contributed by atoms with Crippen LogP contribution in [-0.2, 0) is 4.79 Å². The Kier molecular flexibility index (Phi) is 3.06. The molecule has 1 aromatic carbocycles. The van der Waals surface area contributed by atoms with Gasteiger partial charge in [0.05, 0.1) is 12.5 Å². The highest BCUT2D eigenvalue weighted by Gasteiger charge is 2.38. The van der Waals surface area contributed by atoms with Gasteiger partial charge >= 0.3 is 5.97 Å². The molecule has 1 aliphatic carbocycles. The number of rotatable bonds is 5. The summed E-state index contributed by atoms with van der Waals surface area (Å²) >= 11 is 0. The Morgan fingerprint density at radius 2 is 2.21 bits per heavy atom. The fraction of sp³-hybridized carbons (Fsp3) is 0.500. The van der Waals surface area contributed by atoms with Gasteiger partial charge in [0.15, 0.2) is 0 Å². The monoisotopic (exact) mass is 263 g/mol. The first-order valence-electron chi connectivity index (χ1n) is 6.58. The summed E-state index contributed by atoms with van der Waals surface area (Å²) in [6.07, 6.45) is 2.41. The topological polar surface area (TPSA) is 70.0 Å². The van der Waals surface area contributed by atoms with Crippen LogP contribution in [0.5, 0.6) is 11.5 Å². The highest BCUT2D eigenvalue weighted by molar-refractivity contribution is 5.66. The van der Waals surface area contributed by atoms with E-state index in [-0.39, 0.29) is 18.2 Å². The smallest absolute Gasteiger partial charge is 0.304 e. The van der Waals surface area contributed by atoms with E-state index < -0.39 is 5.97 Å². The number of fused-ring (bicyclic) bond motifs is 1. The lowest BCUT2D eigenvalue weighted by Crippen LogP contribution is -2.33. The van der Waals surface area contributed by atoms with E-state index in [0.29, 0.717) is 24.9 Å². The summed E-state index contributed by atoms with van der Waals surface area (Å²) in [4.78, 5) is 13.0. The Morgan fingerprint density at radius 3 is 2.89 bits per heavy atom. The van der Waals surface area contributed by atoms with Crippen molar-refractivity contribution in [3.8, 4) is 11.5 Å². The Labute approximate surface area is 111 Å². The first kappa shape index (κ1) is 12.3. The average Bonchev–Trinajstić information content (AvgIpc) is 3.11. The van der Waals surface area contributed by atoms with Crippen LogP contribution in [0.15, 0.2) is 18.2 Å². The molecule has 3 rings (SSSR count). The predicted molar refractivity (Wildman–Crippen MR) is 68.3 cm³/mol. The fourth-order valence-electron chi connectivity index (χ4n) is 2.68. The zero-order valence-corrected chi connectivity index (χ0v) is 10.6. The van der Waals surface area contributed by atoms with Gasteiger partial charge in [0.1, 0.15) is 18.1 Å². The van der Waals surface area contributed by atoms with E-state index in [1.54, 1.807) is 12.1 Å². The van der Waals surface area contributed by atoms with Crippen molar-refractivity contribution < 1.29 is 19.7 Å². The van der Waals surface area contributed by atoms with E-state index in [1.165, 1.54) is 0 Å². The molecule has 0 amide bonds. The van der Waals surface area contributed by atoms with Gasteiger partial charge in [0.25, 0.3) is 0 Å². The van der Waals surface area contributed by atoms with Crippen molar-refractivity contribution in [2.24, 2.45) is 0 Å². The minimum Gasteiger partial charge on any atom is -0.508 e. The molecule has 0 aromatic heterocycles. The number of phenols is 1. The summed E-state index contributed by atoms with van der Waals surface area (Å²) in [6.45, 7) is 1.09. The fourth-order valence-corrected chi connectivity index (χ4v) is 2.68. The van der Waals surface area contributed by atoms with Gasteiger partial charge in [-0.3, -0.25) is 9.69 Å². The second-order valence-electron chi connectivity index (χ2n) is 5.16. The van der Waals surface area contributed by atoms with E-state index in [1.807, 2.05) is 6.07 Å². The lowest BCUT2D eigenvalue weighted by atomic mass is 10.1. The second kappa shape index (κ2) is 4.74. The minimum absolute atomic E-state index is 0.113. The Hall–Kier alpha value is -1.75. The first-order valence-corrected chi connectivity index (χ1v) is 6.58. The van der Waals surface area contributed by atoms with Crippen molar-refractivity contribution in [2.45, 2.75) is 31.3 Å². The van der Waals surface area contributed by atoms with Crippen LogP contribution in [0.1, 0.15) is 30.9 Å². The number of benzene rings is 1. The molecular formula is C14H17NO4. The maximum atomic E-state index is 10.8. The molecule has 1 aliphatic heterocycles. The summed E-state index contributed by atoms with van der Waals surface area (Å²) in [5.41, 5.74) is 1.05. The minimum atomic E-state index is -0.768. The van der Waals surface area contributed by atoms with Gasteiger partial charge < -0.3 is 14.9 Å². The van der Waals surface area contributed by atoms with Gasteiger partial charge in [-0.05, 0) is 25.0 Å². The molecular weight excluding hydrogens is 246 g/mol. The van der Waals surface area contributed by atoms with Crippen molar-refractivity contribution in [2.75, 3.05) is 13.2 Å². The number of carboxylic acid groups (broad SMARTS) is 1. The molecule has 1 heterocycles. The molecule has 0 spiro atoms. The van der Waals surface area contributed by atoms with Gasteiger partial charge in [-0.15, -0.1) is 0 Å². The molecule has 0 radical (unpaired) electrons. The van der Waals surface area contributed by atoms with Crippen LogP contribution in [0.4, 0.5) is 0 Å². The van der Waals surface area contributed by atoms with Crippen molar-refractivity contribution in [3.05, 3.63) is 23.8 Å². The Balaban J connectivity index is 1.79. The molecule has 1 fully saturated rings. The Bertz CT molecular complexity index is 498. The third kappa shape index (κ3) is 2.51. The van der Waals surface area contributed by atoms with Gasteiger partial charge in [0.2, 0.25) is 0 Å². The van der Waals surface area contributed by atoms with Crippen LogP contribution in [-0.4, -0.2) is 40.3 Å². The number of aliphatic carboxylic acids is 1. The predicted octanol–water partition coefficient (Wildman–Crippen LogP) is 1.76. The number of nitrogens with zero attached hydrogens (tertiary/aromatic N) is 1. The molecule has 102 valence electrons. The van der Waals surface area contributed by atoms with E-state index in [2.05, 4.69) is 4.90 Å². The molecule has 1 atom stereocenters. The largest absolute Gasteiger partial charge is 0.508 e. The number of carbonyl (C=O) groups is 1. The number of phenolic OH excluding ortho intramolecular Hbond substituents is 1. The standard InChI is InChI=1S/C14H17NO4/c16-10-3-4-11-12(8-19-13(11)7-10)15(9-1-2-9)6-5-14(17)18/h3-4,7,9,12,16H,1-2,5-6,8H2,(H,17,18). The SMILES string of the molecule is O=C(O)CCN(C1CC1)C1COc2cc(O)ccc21. The first-order chi connectivity index (χ1) is 9.15. The third-order valence-corrected chi connectivity index (χ3v) is 3.75.